The number of ether oxygens (including phenoxy) is 2. The van der Waals surface area contributed by atoms with E-state index in [1.54, 1.807) is 7.05 Å². The lowest BCUT2D eigenvalue weighted by molar-refractivity contribution is 0.0277. The smallest absolute Gasteiger partial charge is 0.190 e. The Hall–Kier alpha value is -0.810. The van der Waals surface area contributed by atoms with Crippen molar-refractivity contribution in [1.29, 1.82) is 0 Å². The summed E-state index contributed by atoms with van der Waals surface area (Å²) in [6.07, 6.45) is 9.08. The van der Waals surface area contributed by atoms with Crippen LogP contribution in [0.15, 0.2) is 4.99 Å². The highest BCUT2D eigenvalue weighted by atomic mass is 16.5. The molecule has 2 N–H and O–H groups in total. The zero-order chi connectivity index (χ0) is 15.2. The molecule has 1 saturated carbocycles. The lowest BCUT2D eigenvalue weighted by Gasteiger charge is -2.22. The topological polar surface area (TPSA) is 54.9 Å². The summed E-state index contributed by atoms with van der Waals surface area (Å²) in [4.78, 5) is 4.21. The number of hydrogen-bond acceptors (Lipinski definition) is 3. The van der Waals surface area contributed by atoms with Gasteiger partial charge in [-0.2, -0.15) is 0 Å². The minimum atomic E-state index is 0.509. The van der Waals surface area contributed by atoms with Gasteiger partial charge in [-0.15, -0.1) is 0 Å². The first-order valence-corrected chi connectivity index (χ1v) is 8.50. The third kappa shape index (κ3) is 9.69. The molecule has 0 amide bonds. The van der Waals surface area contributed by atoms with E-state index in [0.717, 1.165) is 51.7 Å². The maximum absolute atomic E-state index is 5.91. The molecule has 21 heavy (non-hydrogen) atoms. The number of nitrogens with zero attached hydrogens (tertiary/aromatic N) is 1. The van der Waals surface area contributed by atoms with Crippen LogP contribution in [0.5, 0.6) is 0 Å². The molecule has 1 rings (SSSR count). The van der Waals surface area contributed by atoms with Crippen LogP contribution in [0.25, 0.3) is 0 Å². The molecule has 0 spiro atoms. The second-order valence-electron chi connectivity index (χ2n) is 5.46. The molecule has 0 atom stereocenters. The largest absolute Gasteiger partial charge is 0.382 e. The number of rotatable bonds is 10. The summed E-state index contributed by atoms with van der Waals surface area (Å²) in [6.45, 7) is 6.24. The van der Waals surface area contributed by atoms with Crippen molar-refractivity contribution in [3.63, 3.8) is 0 Å². The molecule has 5 nitrogen and oxygen atoms in total. The minimum Gasteiger partial charge on any atom is -0.382 e. The van der Waals surface area contributed by atoms with Crippen molar-refractivity contribution in [2.75, 3.05) is 40.0 Å². The van der Waals surface area contributed by atoms with Crippen molar-refractivity contribution in [2.24, 2.45) is 4.99 Å². The van der Waals surface area contributed by atoms with Crippen LogP contribution in [0, 0.1) is 0 Å². The van der Waals surface area contributed by atoms with Crippen LogP contribution in [0.2, 0.25) is 0 Å². The summed E-state index contributed by atoms with van der Waals surface area (Å²) >= 11 is 0. The first kappa shape index (κ1) is 18.2. The molecule has 0 radical (unpaired) electrons. The van der Waals surface area contributed by atoms with Gasteiger partial charge in [0.25, 0.3) is 0 Å². The molecule has 0 saturated heterocycles. The molecule has 124 valence electrons. The fourth-order valence-corrected chi connectivity index (χ4v) is 2.51. The van der Waals surface area contributed by atoms with Crippen LogP contribution in [0.4, 0.5) is 0 Å². The molecular formula is C16H33N3O2. The van der Waals surface area contributed by atoms with Crippen LogP contribution in [0.1, 0.15) is 51.9 Å². The lowest BCUT2D eigenvalue weighted by Crippen LogP contribution is -2.38. The SMILES string of the molecule is CCOCCCNC(=NC)NCCCOC1CCCCC1. The van der Waals surface area contributed by atoms with Gasteiger partial charge in [0.15, 0.2) is 5.96 Å². The van der Waals surface area contributed by atoms with Crippen LogP contribution in [0.3, 0.4) is 0 Å². The second kappa shape index (κ2) is 12.9. The molecule has 0 bridgehead atoms. The van der Waals surface area contributed by atoms with E-state index in [1.165, 1.54) is 32.1 Å². The fraction of sp³-hybridized carbons (Fsp3) is 0.938. The fourth-order valence-electron chi connectivity index (χ4n) is 2.51. The highest BCUT2D eigenvalue weighted by molar-refractivity contribution is 5.79. The average Bonchev–Trinajstić information content (AvgIpc) is 2.53. The molecule has 0 aromatic heterocycles. The van der Waals surface area contributed by atoms with Crippen LogP contribution in [-0.2, 0) is 9.47 Å². The highest BCUT2D eigenvalue weighted by Crippen LogP contribution is 2.20. The zero-order valence-corrected chi connectivity index (χ0v) is 13.8. The highest BCUT2D eigenvalue weighted by Gasteiger charge is 2.12. The van der Waals surface area contributed by atoms with Gasteiger partial charge in [-0.1, -0.05) is 19.3 Å². The van der Waals surface area contributed by atoms with Gasteiger partial charge in [0.1, 0.15) is 0 Å². The lowest BCUT2D eigenvalue weighted by atomic mass is 9.98. The summed E-state index contributed by atoms with van der Waals surface area (Å²) in [7, 11) is 1.80. The maximum atomic E-state index is 5.91. The summed E-state index contributed by atoms with van der Waals surface area (Å²) in [5, 5.41) is 6.60. The van der Waals surface area contributed by atoms with Crippen molar-refractivity contribution < 1.29 is 9.47 Å². The van der Waals surface area contributed by atoms with E-state index in [0.29, 0.717) is 6.10 Å². The Labute approximate surface area is 129 Å². The number of guanidine groups is 1. The Morgan fingerprint density at radius 1 is 1.05 bits per heavy atom. The molecule has 0 heterocycles. The van der Waals surface area contributed by atoms with Crippen LogP contribution < -0.4 is 10.6 Å². The first-order valence-electron chi connectivity index (χ1n) is 8.50. The molecule has 1 fully saturated rings. The molecule has 1 aliphatic carbocycles. The third-order valence-electron chi connectivity index (χ3n) is 3.70. The van der Waals surface area contributed by atoms with E-state index in [4.69, 9.17) is 9.47 Å². The normalized spacial score (nSPS) is 17.0. The van der Waals surface area contributed by atoms with E-state index in [2.05, 4.69) is 15.6 Å². The van der Waals surface area contributed by atoms with Gasteiger partial charge in [-0.05, 0) is 32.6 Å². The zero-order valence-electron chi connectivity index (χ0n) is 13.8. The van der Waals surface area contributed by atoms with Crippen LogP contribution in [-0.4, -0.2) is 52.0 Å². The summed E-state index contributed by atoms with van der Waals surface area (Å²) in [6, 6.07) is 0. The van der Waals surface area contributed by atoms with Gasteiger partial charge >= 0.3 is 0 Å². The van der Waals surface area contributed by atoms with E-state index in [-0.39, 0.29) is 0 Å². The van der Waals surface area contributed by atoms with E-state index < -0.39 is 0 Å². The molecule has 0 unspecified atom stereocenters. The van der Waals surface area contributed by atoms with Crippen LogP contribution >= 0.6 is 0 Å². The van der Waals surface area contributed by atoms with Crippen molar-refractivity contribution >= 4 is 5.96 Å². The molecule has 0 aliphatic heterocycles. The molecule has 5 heteroatoms. The van der Waals surface area contributed by atoms with Gasteiger partial charge < -0.3 is 20.1 Å². The van der Waals surface area contributed by atoms with E-state index >= 15 is 0 Å². The Morgan fingerprint density at radius 2 is 1.71 bits per heavy atom. The first-order chi connectivity index (χ1) is 10.4. The monoisotopic (exact) mass is 299 g/mol. The molecular weight excluding hydrogens is 266 g/mol. The Bertz CT molecular complexity index is 266. The van der Waals surface area contributed by atoms with E-state index in [1.807, 2.05) is 6.92 Å². The van der Waals surface area contributed by atoms with Crippen molar-refractivity contribution in [1.82, 2.24) is 10.6 Å². The Balaban J connectivity index is 1.94. The van der Waals surface area contributed by atoms with Gasteiger partial charge in [-0.25, -0.2) is 0 Å². The van der Waals surface area contributed by atoms with Gasteiger partial charge in [0, 0.05) is 40.0 Å². The Morgan fingerprint density at radius 3 is 2.33 bits per heavy atom. The summed E-state index contributed by atoms with van der Waals surface area (Å²) in [5.74, 6) is 0.865. The summed E-state index contributed by atoms with van der Waals surface area (Å²) < 4.78 is 11.2. The Kier molecular flexibility index (Phi) is 11.2. The second-order valence-corrected chi connectivity index (χ2v) is 5.46. The minimum absolute atomic E-state index is 0.509. The number of aliphatic imine (C=N–C) groups is 1. The van der Waals surface area contributed by atoms with Crippen molar-refractivity contribution in [3.05, 3.63) is 0 Å². The average molecular weight is 299 g/mol. The van der Waals surface area contributed by atoms with Crippen molar-refractivity contribution in [2.45, 2.75) is 58.0 Å². The predicted octanol–water partition coefficient (Wildman–Crippen LogP) is 2.32. The van der Waals surface area contributed by atoms with E-state index in [9.17, 15) is 0 Å². The quantitative estimate of drug-likeness (QED) is 0.369. The molecule has 1 aliphatic rings. The van der Waals surface area contributed by atoms with Crippen molar-refractivity contribution in [3.8, 4) is 0 Å². The molecule has 0 aromatic carbocycles. The number of nitrogens with one attached hydrogen (secondary N) is 2. The number of hydrogen-bond donors (Lipinski definition) is 2. The standard InChI is InChI=1S/C16H33N3O2/c1-3-20-13-7-11-18-16(17-2)19-12-8-14-21-15-9-5-4-6-10-15/h15H,3-14H2,1-2H3,(H2,17,18,19). The summed E-state index contributed by atoms with van der Waals surface area (Å²) in [5.41, 5.74) is 0. The predicted molar refractivity (Wildman–Crippen MR) is 87.9 cm³/mol. The third-order valence-corrected chi connectivity index (χ3v) is 3.70. The van der Waals surface area contributed by atoms with Gasteiger partial charge in [-0.3, -0.25) is 4.99 Å². The molecule has 0 aromatic rings. The van der Waals surface area contributed by atoms with Gasteiger partial charge in [0.05, 0.1) is 6.10 Å². The maximum Gasteiger partial charge on any atom is 0.190 e. The van der Waals surface area contributed by atoms with Gasteiger partial charge in [0.2, 0.25) is 0 Å².